The average molecular weight is 627 g/mol. The quantitative estimate of drug-likeness (QED) is 0.117. The third-order valence-electron chi connectivity index (χ3n) is 15.0. The second-order valence-corrected chi connectivity index (χ2v) is 17.6. The fourth-order valence-electron chi connectivity index (χ4n) is 11.7. The van der Waals surface area contributed by atoms with E-state index >= 15 is 0 Å². The van der Waals surface area contributed by atoms with Crippen LogP contribution in [-0.4, -0.2) is 13.3 Å². The van der Waals surface area contributed by atoms with Gasteiger partial charge in [-0.25, -0.2) is 0 Å². The number of allylic oxidation sites excluding steroid dienone is 1. The van der Waals surface area contributed by atoms with Crippen molar-refractivity contribution < 1.29 is 4.74 Å². The lowest BCUT2D eigenvalue weighted by molar-refractivity contribution is -0.107. The van der Waals surface area contributed by atoms with Crippen LogP contribution in [0.25, 0.3) is 0 Å². The van der Waals surface area contributed by atoms with Crippen LogP contribution in [0.4, 0.5) is 0 Å². The minimum absolute atomic E-state index is 0.550. The van der Waals surface area contributed by atoms with Crippen molar-refractivity contribution in [2.45, 2.75) is 104 Å². The highest BCUT2D eigenvalue weighted by Gasteiger charge is 2.62. The van der Waals surface area contributed by atoms with E-state index in [-0.39, 0.29) is 0 Å². The van der Waals surface area contributed by atoms with Gasteiger partial charge in [-0.3, -0.25) is 0 Å². The van der Waals surface area contributed by atoms with E-state index < -0.39 is 5.60 Å². The first-order valence-corrected chi connectivity index (χ1v) is 19.0. The summed E-state index contributed by atoms with van der Waals surface area (Å²) in [6.07, 6.45) is 10.7. The zero-order valence-corrected chi connectivity index (χ0v) is 30.3. The summed E-state index contributed by atoms with van der Waals surface area (Å²) in [7, 11) is 0. The number of rotatable bonds is 11. The summed E-state index contributed by atoms with van der Waals surface area (Å²) in [5, 5.41) is 0. The highest BCUT2D eigenvalue weighted by molar-refractivity contribution is 6.63. The van der Waals surface area contributed by atoms with Crippen LogP contribution in [0.5, 0.6) is 0 Å². The number of ether oxygens (including phenoxy) is 1. The molecule has 3 aromatic rings. The van der Waals surface area contributed by atoms with Crippen molar-refractivity contribution in [2.24, 2.45) is 46.3 Å². The van der Waals surface area contributed by atoms with Gasteiger partial charge < -0.3 is 4.74 Å². The van der Waals surface area contributed by atoms with Gasteiger partial charge in [0, 0.05) is 0 Å². The van der Waals surface area contributed by atoms with Crippen molar-refractivity contribution in [3.05, 3.63) is 119 Å². The number of hydrogen-bond donors (Lipinski definition) is 0. The molecule has 0 radical (unpaired) electrons. The molecule has 0 aliphatic heterocycles. The highest BCUT2D eigenvalue weighted by atomic mass is 16.5. The van der Waals surface area contributed by atoms with E-state index in [1.165, 1.54) is 54.3 Å². The Morgan fingerprint density at radius 3 is 1.45 bits per heavy atom. The normalized spacial score (nSPS) is 32.2. The van der Waals surface area contributed by atoms with E-state index in [2.05, 4.69) is 146 Å². The lowest BCUT2D eigenvalue weighted by Crippen LogP contribution is -2.59. The fraction of sp³-hybridized carbons (Fsp3) is 0.556. The summed E-state index contributed by atoms with van der Waals surface area (Å²) in [6, 6.07) is 32.5. The van der Waals surface area contributed by atoms with Crippen LogP contribution in [0.2, 0.25) is 18.0 Å². The lowest BCUT2D eigenvalue weighted by atomic mass is 9.20. The Hall–Kier alpha value is -2.58. The highest BCUT2D eigenvalue weighted by Crippen LogP contribution is 2.69. The van der Waals surface area contributed by atoms with Gasteiger partial charge in [-0.2, -0.15) is 0 Å². The van der Waals surface area contributed by atoms with Gasteiger partial charge in [0.25, 0.3) is 0 Å². The van der Waals surface area contributed by atoms with Crippen LogP contribution >= 0.6 is 0 Å². The summed E-state index contributed by atoms with van der Waals surface area (Å²) in [4.78, 5) is 0. The molecule has 6 aliphatic rings. The molecule has 0 heterocycles. The maximum Gasteiger partial charge on any atom is 0.150 e. The Morgan fingerprint density at radius 1 is 0.681 bits per heavy atom. The summed E-state index contributed by atoms with van der Waals surface area (Å²) in [5.74, 6) is 7.14. The number of fused-ring (bicyclic) bond motifs is 4. The second kappa shape index (κ2) is 12.7. The standard InChI is InChI=1S/C45H59BO/c1-31(24-26-47-45(34-17-11-8-12-18-34,35-19-13-9-14-20-35)36-21-15-10-16-22-36)23-25-46(41-29-37-27-39(32(41)2)43(37,4)5)42-30-38-28-40(33(42)3)44(38,6)7/h8-23,32-33,37-42H,24-30H2,1-7H3/b31-23+. The van der Waals surface area contributed by atoms with Gasteiger partial charge in [-0.1, -0.05) is 175 Å². The third-order valence-corrected chi connectivity index (χ3v) is 15.0. The van der Waals surface area contributed by atoms with Crippen molar-refractivity contribution in [2.75, 3.05) is 6.61 Å². The first-order chi connectivity index (χ1) is 22.5. The molecular weight excluding hydrogens is 567 g/mol. The summed E-state index contributed by atoms with van der Waals surface area (Å²) >= 11 is 0. The predicted molar refractivity (Wildman–Crippen MR) is 200 cm³/mol. The maximum atomic E-state index is 7.18. The molecule has 4 bridgehead atoms. The molecule has 47 heavy (non-hydrogen) atoms. The Kier molecular flexibility index (Phi) is 8.91. The van der Waals surface area contributed by atoms with Gasteiger partial charge >= 0.3 is 0 Å². The van der Waals surface area contributed by atoms with Gasteiger partial charge in [0.15, 0.2) is 6.71 Å². The third kappa shape index (κ3) is 5.59. The molecule has 1 nitrogen and oxygen atoms in total. The zero-order valence-electron chi connectivity index (χ0n) is 30.3. The molecular formula is C45H59BO. The molecule has 6 saturated carbocycles. The topological polar surface area (TPSA) is 9.23 Å². The molecule has 8 atom stereocenters. The van der Waals surface area contributed by atoms with Crippen LogP contribution in [-0.2, 0) is 10.3 Å². The van der Waals surface area contributed by atoms with Crippen molar-refractivity contribution in [1.82, 2.24) is 0 Å². The molecule has 6 aliphatic carbocycles. The number of hydrogen-bond acceptors (Lipinski definition) is 1. The van der Waals surface area contributed by atoms with E-state index in [0.29, 0.717) is 17.4 Å². The molecule has 0 saturated heterocycles. The molecule has 0 aromatic heterocycles. The summed E-state index contributed by atoms with van der Waals surface area (Å²) in [6.45, 7) is 19.4. The van der Waals surface area contributed by atoms with Crippen molar-refractivity contribution in [3.63, 3.8) is 0 Å². The van der Waals surface area contributed by atoms with Crippen molar-refractivity contribution in [1.29, 1.82) is 0 Å². The Bertz CT molecular complexity index is 1390. The van der Waals surface area contributed by atoms with Gasteiger partial charge in [0.2, 0.25) is 0 Å². The lowest BCUT2D eigenvalue weighted by Gasteiger charge is -2.66. The van der Waals surface area contributed by atoms with E-state index in [9.17, 15) is 0 Å². The van der Waals surface area contributed by atoms with Crippen molar-refractivity contribution >= 4 is 6.71 Å². The first-order valence-electron chi connectivity index (χ1n) is 19.0. The maximum absolute atomic E-state index is 7.18. The summed E-state index contributed by atoms with van der Waals surface area (Å²) in [5.41, 5.74) is 5.48. The predicted octanol–water partition coefficient (Wildman–Crippen LogP) is 12.0. The Morgan fingerprint density at radius 2 is 1.09 bits per heavy atom. The first kappa shape index (κ1) is 32.9. The van der Waals surface area contributed by atoms with Crippen LogP contribution in [0, 0.1) is 46.3 Å². The fourth-order valence-corrected chi connectivity index (χ4v) is 11.7. The number of benzene rings is 3. The molecule has 8 unspecified atom stereocenters. The van der Waals surface area contributed by atoms with Crippen LogP contribution < -0.4 is 0 Å². The smallest absolute Gasteiger partial charge is 0.150 e. The van der Waals surface area contributed by atoms with Gasteiger partial charge in [-0.05, 0) is 89.2 Å². The van der Waals surface area contributed by atoms with Gasteiger partial charge in [0.05, 0.1) is 6.61 Å². The van der Waals surface area contributed by atoms with E-state index in [4.69, 9.17) is 4.74 Å². The molecule has 6 fully saturated rings. The van der Waals surface area contributed by atoms with Gasteiger partial charge in [-0.15, -0.1) is 0 Å². The van der Waals surface area contributed by atoms with E-state index in [0.717, 1.165) is 60.3 Å². The SMILES string of the molecule is C/C(=C\CB(C1CC2CC(C1C)C2(C)C)C1CC2CC(C1C)C2(C)C)CCOC(c1ccccc1)(c1ccccc1)c1ccccc1. The molecule has 0 amide bonds. The Labute approximate surface area is 287 Å². The molecule has 3 aromatic carbocycles. The second-order valence-electron chi connectivity index (χ2n) is 17.6. The van der Waals surface area contributed by atoms with Gasteiger partial charge in [0.1, 0.15) is 5.60 Å². The monoisotopic (exact) mass is 626 g/mol. The molecule has 9 rings (SSSR count). The average Bonchev–Trinajstić information content (AvgIpc) is 3.08. The molecule has 2 heteroatoms. The molecule has 248 valence electrons. The summed E-state index contributed by atoms with van der Waals surface area (Å²) < 4.78 is 7.18. The van der Waals surface area contributed by atoms with Crippen LogP contribution in [0.15, 0.2) is 103 Å². The minimum Gasteiger partial charge on any atom is -0.361 e. The minimum atomic E-state index is -0.649. The largest absolute Gasteiger partial charge is 0.361 e. The molecule has 0 spiro atoms. The molecule has 0 N–H and O–H groups in total. The van der Waals surface area contributed by atoms with E-state index in [1.807, 2.05) is 0 Å². The van der Waals surface area contributed by atoms with Crippen LogP contribution in [0.1, 0.15) is 97.3 Å². The van der Waals surface area contributed by atoms with Crippen molar-refractivity contribution in [3.8, 4) is 0 Å². The zero-order chi connectivity index (χ0) is 33.0. The van der Waals surface area contributed by atoms with E-state index in [1.54, 1.807) is 0 Å². The Balaban J connectivity index is 1.12. The van der Waals surface area contributed by atoms with Crippen LogP contribution in [0.3, 0.4) is 0 Å².